The fourth-order valence-electron chi connectivity index (χ4n) is 1.80. The Morgan fingerprint density at radius 2 is 2.19 bits per heavy atom. The molecule has 0 N–H and O–H groups in total. The highest BCUT2D eigenvalue weighted by Crippen LogP contribution is 2.24. The third-order valence-electron chi connectivity index (χ3n) is 2.55. The van der Waals surface area contributed by atoms with Gasteiger partial charge in [0, 0.05) is 13.5 Å². The lowest BCUT2D eigenvalue weighted by Gasteiger charge is -2.28. The number of methoxy groups -OCH3 is 1. The van der Waals surface area contributed by atoms with Gasteiger partial charge in [-0.25, -0.2) is 0 Å². The molecule has 0 saturated heterocycles. The van der Waals surface area contributed by atoms with Crippen molar-refractivity contribution in [2.75, 3.05) is 7.11 Å². The van der Waals surface area contributed by atoms with Gasteiger partial charge in [0.05, 0.1) is 0 Å². The second kappa shape index (κ2) is 5.60. The molecule has 16 heavy (non-hydrogen) atoms. The molecule has 0 radical (unpaired) electrons. The van der Waals surface area contributed by atoms with Gasteiger partial charge in [0.1, 0.15) is 6.10 Å². The normalized spacial score (nSPS) is 13.8. The van der Waals surface area contributed by atoms with Crippen molar-refractivity contribution in [2.45, 2.75) is 39.7 Å². The minimum atomic E-state index is -0.300. The first-order chi connectivity index (χ1) is 7.45. The standard InChI is InChI=1S/C13H20O2S/c1-13(2,3)12(15-4)11(14)6-5-10-7-8-16-9-10/h7-9,12H,5-6H2,1-4H3. The minimum Gasteiger partial charge on any atom is -0.373 e. The first-order valence-corrected chi connectivity index (χ1v) is 6.46. The zero-order valence-electron chi connectivity index (χ0n) is 10.4. The van der Waals surface area contributed by atoms with Crippen LogP contribution in [0.15, 0.2) is 16.8 Å². The Labute approximate surface area is 102 Å². The molecule has 0 aromatic carbocycles. The molecule has 1 unspecified atom stereocenters. The van der Waals surface area contributed by atoms with Gasteiger partial charge in [0.15, 0.2) is 5.78 Å². The van der Waals surface area contributed by atoms with Crippen molar-refractivity contribution in [3.63, 3.8) is 0 Å². The second-order valence-corrected chi connectivity index (χ2v) is 5.86. The van der Waals surface area contributed by atoms with Crippen molar-refractivity contribution in [1.82, 2.24) is 0 Å². The van der Waals surface area contributed by atoms with Crippen molar-refractivity contribution >= 4 is 17.1 Å². The Morgan fingerprint density at radius 1 is 1.50 bits per heavy atom. The van der Waals surface area contributed by atoms with E-state index in [0.717, 1.165) is 6.42 Å². The minimum absolute atomic E-state index is 0.125. The number of rotatable bonds is 5. The molecule has 0 amide bonds. The highest BCUT2D eigenvalue weighted by atomic mass is 32.1. The number of aryl methyl sites for hydroxylation is 1. The van der Waals surface area contributed by atoms with Crippen LogP contribution in [0.2, 0.25) is 0 Å². The molecule has 1 rings (SSSR count). The van der Waals surface area contributed by atoms with E-state index in [4.69, 9.17) is 4.74 Å². The van der Waals surface area contributed by atoms with Crippen molar-refractivity contribution in [2.24, 2.45) is 5.41 Å². The molecule has 0 bridgehead atoms. The number of carbonyl (C=O) groups excluding carboxylic acids is 1. The van der Waals surface area contributed by atoms with E-state index in [1.807, 2.05) is 26.2 Å². The van der Waals surface area contributed by atoms with E-state index >= 15 is 0 Å². The number of ketones is 1. The molecule has 0 aliphatic rings. The van der Waals surface area contributed by atoms with Crippen molar-refractivity contribution in [3.8, 4) is 0 Å². The highest BCUT2D eigenvalue weighted by molar-refractivity contribution is 7.07. The molecule has 0 spiro atoms. The quantitative estimate of drug-likeness (QED) is 0.789. The van der Waals surface area contributed by atoms with Crippen LogP contribution in [0.1, 0.15) is 32.8 Å². The largest absolute Gasteiger partial charge is 0.373 e. The molecule has 1 atom stereocenters. The van der Waals surface area contributed by atoms with Gasteiger partial charge < -0.3 is 4.74 Å². The predicted octanol–water partition coefficient (Wildman–Crippen LogP) is 3.31. The number of hydrogen-bond acceptors (Lipinski definition) is 3. The van der Waals surface area contributed by atoms with Gasteiger partial charge in [-0.3, -0.25) is 4.79 Å². The van der Waals surface area contributed by atoms with E-state index in [1.165, 1.54) is 5.56 Å². The van der Waals surface area contributed by atoms with Crippen LogP contribution in [0, 0.1) is 5.41 Å². The SMILES string of the molecule is COC(C(=O)CCc1ccsc1)C(C)(C)C. The molecule has 1 aromatic rings. The number of ether oxygens (including phenoxy) is 1. The van der Waals surface area contributed by atoms with E-state index in [-0.39, 0.29) is 17.3 Å². The number of Topliss-reactive ketones (excluding diaryl/α,β-unsaturated/α-hetero) is 1. The van der Waals surface area contributed by atoms with Crippen molar-refractivity contribution in [1.29, 1.82) is 0 Å². The zero-order valence-corrected chi connectivity index (χ0v) is 11.3. The van der Waals surface area contributed by atoms with Crippen LogP contribution in [0.3, 0.4) is 0 Å². The maximum Gasteiger partial charge on any atom is 0.162 e. The van der Waals surface area contributed by atoms with E-state index in [9.17, 15) is 4.79 Å². The molecule has 1 aromatic heterocycles. The summed E-state index contributed by atoms with van der Waals surface area (Å²) in [5.41, 5.74) is 1.11. The van der Waals surface area contributed by atoms with Crippen LogP contribution in [-0.2, 0) is 16.0 Å². The molecule has 0 aliphatic carbocycles. The van der Waals surface area contributed by atoms with E-state index in [2.05, 4.69) is 11.4 Å². The molecular weight excluding hydrogens is 220 g/mol. The first kappa shape index (κ1) is 13.4. The van der Waals surface area contributed by atoms with E-state index < -0.39 is 0 Å². The Morgan fingerprint density at radius 3 is 2.62 bits per heavy atom. The third kappa shape index (κ3) is 3.72. The molecule has 0 saturated carbocycles. The van der Waals surface area contributed by atoms with Crippen LogP contribution in [0.5, 0.6) is 0 Å². The van der Waals surface area contributed by atoms with Gasteiger partial charge in [-0.05, 0) is 34.2 Å². The van der Waals surface area contributed by atoms with Crippen LogP contribution in [0.25, 0.3) is 0 Å². The highest BCUT2D eigenvalue weighted by Gasteiger charge is 2.30. The number of thiophene rings is 1. The van der Waals surface area contributed by atoms with Crippen molar-refractivity contribution in [3.05, 3.63) is 22.4 Å². The van der Waals surface area contributed by atoms with E-state index in [1.54, 1.807) is 18.4 Å². The molecule has 2 nitrogen and oxygen atoms in total. The summed E-state index contributed by atoms with van der Waals surface area (Å²) in [6.07, 6.45) is 1.08. The smallest absolute Gasteiger partial charge is 0.162 e. The molecule has 3 heteroatoms. The zero-order chi connectivity index (χ0) is 12.2. The second-order valence-electron chi connectivity index (χ2n) is 5.08. The topological polar surface area (TPSA) is 26.3 Å². The van der Waals surface area contributed by atoms with Gasteiger partial charge in [-0.15, -0.1) is 0 Å². The van der Waals surface area contributed by atoms with Crippen molar-refractivity contribution < 1.29 is 9.53 Å². The Bertz CT molecular complexity index is 322. The maximum atomic E-state index is 12.0. The summed E-state index contributed by atoms with van der Waals surface area (Å²) in [5, 5.41) is 4.13. The number of hydrogen-bond donors (Lipinski definition) is 0. The fourth-order valence-corrected chi connectivity index (χ4v) is 2.50. The van der Waals surface area contributed by atoms with Crippen LogP contribution >= 0.6 is 11.3 Å². The summed E-state index contributed by atoms with van der Waals surface area (Å²) in [5.74, 6) is 0.196. The predicted molar refractivity (Wildman–Crippen MR) is 67.9 cm³/mol. The molecular formula is C13H20O2S. The first-order valence-electron chi connectivity index (χ1n) is 5.51. The average molecular weight is 240 g/mol. The third-order valence-corrected chi connectivity index (χ3v) is 3.29. The maximum absolute atomic E-state index is 12.0. The summed E-state index contributed by atoms with van der Waals surface area (Å²) < 4.78 is 5.30. The molecule has 0 fully saturated rings. The molecule has 1 heterocycles. The fraction of sp³-hybridized carbons (Fsp3) is 0.615. The summed E-state index contributed by atoms with van der Waals surface area (Å²) in [6.45, 7) is 6.09. The van der Waals surface area contributed by atoms with Crippen LogP contribution < -0.4 is 0 Å². The summed E-state index contributed by atoms with van der Waals surface area (Å²) >= 11 is 1.67. The van der Waals surface area contributed by atoms with Gasteiger partial charge in [-0.1, -0.05) is 20.8 Å². The van der Waals surface area contributed by atoms with Crippen LogP contribution in [0.4, 0.5) is 0 Å². The van der Waals surface area contributed by atoms with Gasteiger partial charge >= 0.3 is 0 Å². The average Bonchev–Trinajstić information content (AvgIpc) is 2.65. The monoisotopic (exact) mass is 240 g/mol. The lowest BCUT2D eigenvalue weighted by Crippen LogP contribution is -2.36. The Hall–Kier alpha value is -0.670. The summed E-state index contributed by atoms with van der Waals surface area (Å²) in [4.78, 5) is 12.0. The molecule has 90 valence electrons. The number of carbonyl (C=O) groups is 1. The van der Waals surface area contributed by atoms with Gasteiger partial charge in [0.2, 0.25) is 0 Å². The summed E-state index contributed by atoms with van der Waals surface area (Å²) in [6, 6.07) is 2.07. The summed E-state index contributed by atoms with van der Waals surface area (Å²) in [7, 11) is 1.61. The van der Waals surface area contributed by atoms with Gasteiger partial charge in [0.25, 0.3) is 0 Å². The Balaban J connectivity index is 2.51. The Kier molecular flexibility index (Phi) is 4.69. The van der Waals surface area contributed by atoms with Gasteiger partial charge in [-0.2, -0.15) is 11.3 Å². The van der Waals surface area contributed by atoms with E-state index in [0.29, 0.717) is 6.42 Å². The molecule has 0 aliphatic heterocycles. The lowest BCUT2D eigenvalue weighted by atomic mass is 9.85. The van der Waals surface area contributed by atoms with Crippen LogP contribution in [-0.4, -0.2) is 19.0 Å². The lowest BCUT2D eigenvalue weighted by molar-refractivity contribution is -0.134.